The fraction of sp³-hybridized carbons (Fsp3) is 0.0667. The van der Waals surface area contributed by atoms with E-state index >= 15 is 0 Å². The quantitative estimate of drug-likeness (QED) is 0.315. The van der Waals surface area contributed by atoms with Gasteiger partial charge in [0.1, 0.15) is 5.75 Å². The van der Waals surface area contributed by atoms with Crippen LogP contribution < -0.4 is 10.2 Å². The molecule has 0 aliphatic carbocycles. The second-order valence-electron chi connectivity index (χ2n) is 4.70. The van der Waals surface area contributed by atoms with E-state index in [1.54, 1.807) is 6.07 Å². The Balaban J connectivity index is 2.00. The van der Waals surface area contributed by atoms with Gasteiger partial charge in [-0.15, -0.1) is 0 Å². The molecule has 0 bridgehead atoms. The molecule has 26 heavy (non-hydrogen) atoms. The minimum Gasteiger partial charge on any atom is -0.506 e. The summed E-state index contributed by atoms with van der Waals surface area (Å²) < 4.78 is 6.86. The first-order valence-corrected chi connectivity index (χ1v) is 10.2. The van der Waals surface area contributed by atoms with E-state index in [2.05, 4.69) is 58.3 Å². The zero-order chi connectivity index (χ0) is 19.4. The van der Waals surface area contributed by atoms with Crippen molar-refractivity contribution in [3.05, 3.63) is 52.2 Å². The number of halogens is 6. The maximum absolute atomic E-state index is 11.8. The maximum atomic E-state index is 11.8. The third-order valence-corrected chi connectivity index (χ3v) is 5.72. The Bertz CT molecular complexity index is 871. The normalized spacial score (nSPS) is 11.0. The van der Waals surface area contributed by atoms with Crippen LogP contribution >= 0.6 is 82.6 Å². The Hall–Kier alpha value is -0.510. The molecule has 0 fully saturated rings. The number of aromatic hydroxyl groups is 1. The van der Waals surface area contributed by atoms with Gasteiger partial charge in [0.05, 0.1) is 25.2 Å². The summed E-state index contributed by atoms with van der Waals surface area (Å²) in [5.74, 6) is -0.367. The van der Waals surface area contributed by atoms with Gasteiger partial charge in [-0.05, 0) is 50.1 Å². The lowest BCUT2D eigenvalue weighted by Gasteiger charge is -2.09. The van der Waals surface area contributed by atoms with E-state index in [-0.39, 0.29) is 28.2 Å². The molecule has 0 aromatic heterocycles. The van der Waals surface area contributed by atoms with Crippen LogP contribution in [0, 0.1) is 0 Å². The van der Waals surface area contributed by atoms with E-state index in [1.807, 2.05) is 0 Å². The molecular formula is C15H8Br3Cl3N2O3. The summed E-state index contributed by atoms with van der Waals surface area (Å²) in [4.78, 5) is 11.8. The highest BCUT2D eigenvalue weighted by Crippen LogP contribution is 2.38. The molecule has 2 N–H and O–H groups in total. The minimum atomic E-state index is -0.531. The highest BCUT2D eigenvalue weighted by atomic mass is 79.9. The van der Waals surface area contributed by atoms with Crippen LogP contribution in [0.25, 0.3) is 0 Å². The molecule has 11 heteroatoms. The molecule has 0 aliphatic rings. The van der Waals surface area contributed by atoms with Crippen molar-refractivity contribution >= 4 is 94.7 Å². The van der Waals surface area contributed by atoms with Gasteiger partial charge in [0.25, 0.3) is 5.91 Å². The van der Waals surface area contributed by atoms with Crippen molar-refractivity contribution in [3.63, 3.8) is 0 Å². The predicted molar refractivity (Wildman–Crippen MR) is 114 cm³/mol. The number of hydrazone groups is 1. The van der Waals surface area contributed by atoms with Crippen LogP contribution in [0.2, 0.25) is 15.1 Å². The molecule has 0 saturated heterocycles. The molecule has 0 aliphatic heterocycles. The number of phenols is 1. The van der Waals surface area contributed by atoms with Crippen LogP contribution in [0.3, 0.4) is 0 Å². The second-order valence-corrected chi connectivity index (χ2v) is 8.45. The summed E-state index contributed by atoms with van der Waals surface area (Å²) in [6, 6.07) is 4.56. The lowest BCUT2D eigenvalue weighted by molar-refractivity contribution is -0.123. The van der Waals surface area contributed by atoms with Crippen LogP contribution in [-0.2, 0) is 4.79 Å². The number of rotatable bonds is 5. The van der Waals surface area contributed by atoms with Gasteiger partial charge in [-0.2, -0.15) is 5.10 Å². The molecular weight excluding hydrogens is 602 g/mol. The standard InChI is InChI=1S/C15H8Br3Cl3N2O3/c16-8-3-9(17)14(25)13(18)7(8)4-22-23-12(24)5-26-15-10(20)1-6(19)2-11(15)21/h1-4,25H,5H2,(H,23,24). The fourth-order valence-electron chi connectivity index (χ4n) is 1.72. The number of carbonyl (C=O) groups is 1. The van der Waals surface area contributed by atoms with Gasteiger partial charge in [0.15, 0.2) is 12.4 Å². The summed E-state index contributed by atoms with van der Waals surface area (Å²) >= 11 is 27.6. The smallest absolute Gasteiger partial charge is 0.277 e. The molecule has 1 amide bonds. The number of phenolic OH excluding ortho intramolecular Hbond substituents is 1. The zero-order valence-corrected chi connectivity index (χ0v) is 19.5. The van der Waals surface area contributed by atoms with E-state index in [9.17, 15) is 9.90 Å². The third-order valence-electron chi connectivity index (χ3n) is 2.87. The van der Waals surface area contributed by atoms with Gasteiger partial charge >= 0.3 is 0 Å². The van der Waals surface area contributed by atoms with Crippen molar-refractivity contribution in [1.82, 2.24) is 5.43 Å². The van der Waals surface area contributed by atoms with Crippen molar-refractivity contribution in [3.8, 4) is 11.5 Å². The van der Waals surface area contributed by atoms with E-state index in [4.69, 9.17) is 39.5 Å². The Morgan fingerprint density at radius 2 is 1.77 bits per heavy atom. The van der Waals surface area contributed by atoms with E-state index in [1.165, 1.54) is 18.3 Å². The van der Waals surface area contributed by atoms with E-state index in [0.717, 1.165) is 0 Å². The molecule has 0 radical (unpaired) electrons. The number of hydrogen-bond acceptors (Lipinski definition) is 4. The van der Waals surface area contributed by atoms with Crippen LogP contribution in [0.15, 0.2) is 36.7 Å². The molecule has 0 atom stereocenters. The van der Waals surface area contributed by atoms with Crippen LogP contribution in [-0.4, -0.2) is 23.8 Å². The maximum Gasteiger partial charge on any atom is 0.277 e. The van der Waals surface area contributed by atoms with Crippen molar-refractivity contribution in [2.75, 3.05) is 6.61 Å². The molecule has 0 heterocycles. The predicted octanol–water partition coefficient (Wildman–Crippen LogP) is 6.17. The monoisotopic (exact) mass is 606 g/mol. The molecule has 138 valence electrons. The van der Waals surface area contributed by atoms with Crippen molar-refractivity contribution in [1.29, 1.82) is 0 Å². The fourth-order valence-corrected chi connectivity index (χ4v) is 4.97. The first-order chi connectivity index (χ1) is 12.2. The number of nitrogens with one attached hydrogen (secondary N) is 1. The number of hydrogen-bond donors (Lipinski definition) is 2. The molecule has 0 spiro atoms. The molecule has 5 nitrogen and oxygen atoms in total. The average molecular weight is 610 g/mol. The highest BCUT2D eigenvalue weighted by Gasteiger charge is 2.13. The average Bonchev–Trinajstić information content (AvgIpc) is 2.55. The molecule has 0 saturated carbocycles. The second kappa shape index (κ2) is 9.61. The molecule has 0 unspecified atom stereocenters. The number of benzene rings is 2. The van der Waals surface area contributed by atoms with Crippen LogP contribution in [0.1, 0.15) is 5.56 Å². The van der Waals surface area contributed by atoms with Gasteiger partial charge in [-0.1, -0.05) is 50.7 Å². The lowest BCUT2D eigenvalue weighted by Crippen LogP contribution is -2.24. The van der Waals surface area contributed by atoms with E-state index < -0.39 is 5.91 Å². The van der Waals surface area contributed by atoms with Gasteiger partial charge in [-0.25, -0.2) is 5.43 Å². The van der Waals surface area contributed by atoms with Gasteiger partial charge in [0.2, 0.25) is 0 Å². The Morgan fingerprint density at radius 3 is 2.38 bits per heavy atom. The van der Waals surface area contributed by atoms with Crippen molar-refractivity contribution in [2.24, 2.45) is 5.10 Å². The van der Waals surface area contributed by atoms with Gasteiger partial charge in [-0.3, -0.25) is 4.79 Å². The summed E-state index contributed by atoms with van der Waals surface area (Å²) in [5.41, 5.74) is 2.84. The summed E-state index contributed by atoms with van der Waals surface area (Å²) in [6.07, 6.45) is 1.36. The van der Waals surface area contributed by atoms with Gasteiger partial charge < -0.3 is 9.84 Å². The largest absolute Gasteiger partial charge is 0.506 e. The Labute approximate surface area is 189 Å². The summed E-state index contributed by atoms with van der Waals surface area (Å²) in [5, 5.41) is 14.5. The lowest BCUT2D eigenvalue weighted by atomic mass is 10.2. The Kier molecular flexibility index (Phi) is 8.06. The van der Waals surface area contributed by atoms with E-state index in [0.29, 0.717) is 24.0 Å². The third kappa shape index (κ3) is 5.50. The number of nitrogens with zero attached hydrogens (tertiary/aromatic N) is 1. The molecule has 2 rings (SSSR count). The summed E-state index contributed by atoms with van der Waals surface area (Å²) in [6.45, 7) is -0.355. The SMILES string of the molecule is O=C(COc1c(Cl)cc(Cl)cc1Cl)NN=Cc1c(Br)cc(Br)c(O)c1Br. The van der Waals surface area contributed by atoms with Crippen molar-refractivity contribution in [2.45, 2.75) is 0 Å². The molecule has 2 aromatic carbocycles. The molecule has 2 aromatic rings. The highest BCUT2D eigenvalue weighted by molar-refractivity contribution is 9.11. The Morgan fingerprint density at radius 1 is 1.15 bits per heavy atom. The van der Waals surface area contributed by atoms with Gasteiger partial charge in [0, 0.05) is 15.1 Å². The number of amides is 1. The number of carbonyl (C=O) groups excluding carboxylic acids is 1. The zero-order valence-electron chi connectivity index (χ0n) is 12.5. The topological polar surface area (TPSA) is 70.9 Å². The van der Waals surface area contributed by atoms with Crippen molar-refractivity contribution < 1.29 is 14.6 Å². The van der Waals surface area contributed by atoms with Crippen LogP contribution in [0.4, 0.5) is 0 Å². The number of ether oxygens (including phenoxy) is 1. The first kappa shape index (κ1) is 21.8. The minimum absolute atomic E-state index is 0.0105. The van der Waals surface area contributed by atoms with Crippen LogP contribution in [0.5, 0.6) is 11.5 Å². The summed E-state index contributed by atoms with van der Waals surface area (Å²) in [7, 11) is 0. The first-order valence-electron chi connectivity index (χ1n) is 6.66.